The van der Waals surface area contributed by atoms with Crippen LogP contribution in [0.2, 0.25) is 0 Å². The van der Waals surface area contributed by atoms with E-state index in [4.69, 9.17) is 0 Å². The Labute approximate surface area is 169 Å². The highest BCUT2D eigenvalue weighted by atomic mass is 14.6. The third-order valence-corrected chi connectivity index (χ3v) is 11.1. The molecule has 0 aromatic rings. The fourth-order valence-corrected chi connectivity index (χ4v) is 9.29. The van der Waals surface area contributed by atoms with E-state index < -0.39 is 0 Å². The standard InChI is InChI=1S/C27H46/c1-26-18-7-6-10-21(26)13-15-23-24-16-14-22(27(24,2)19-17-25(23)26)9-5-3-4-8-20-11-12-20/h20-25H,3-19H2,1-2H3. The monoisotopic (exact) mass is 370 g/mol. The molecule has 0 aromatic heterocycles. The molecule has 0 saturated heterocycles. The summed E-state index contributed by atoms with van der Waals surface area (Å²) in [6.07, 6.45) is 26.5. The molecule has 5 fully saturated rings. The van der Waals surface area contributed by atoms with Crippen LogP contribution in [0.4, 0.5) is 0 Å². The molecule has 5 aliphatic carbocycles. The van der Waals surface area contributed by atoms with Crippen molar-refractivity contribution >= 4 is 0 Å². The second-order valence-corrected chi connectivity index (χ2v) is 12.3. The van der Waals surface area contributed by atoms with Crippen LogP contribution in [0.1, 0.15) is 123 Å². The number of hydrogen-bond donors (Lipinski definition) is 0. The summed E-state index contributed by atoms with van der Waals surface area (Å²) in [4.78, 5) is 0. The molecule has 0 heteroatoms. The van der Waals surface area contributed by atoms with Crippen LogP contribution in [0.3, 0.4) is 0 Å². The Morgan fingerprint density at radius 2 is 1.44 bits per heavy atom. The molecule has 0 spiro atoms. The normalized spacial score (nSPS) is 49.3. The van der Waals surface area contributed by atoms with E-state index >= 15 is 0 Å². The Morgan fingerprint density at radius 3 is 2.30 bits per heavy atom. The highest BCUT2D eigenvalue weighted by Gasteiger charge is 2.59. The Bertz CT molecular complexity index is 518. The van der Waals surface area contributed by atoms with Crippen LogP contribution in [0.25, 0.3) is 0 Å². The predicted molar refractivity (Wildman–Crippen MR) is 116 cm³/mol. The van der Waals surface area contributed by atoms with Crippen molar-refractivity contribution in [2.24, 2.45) is 46.3 Å². The first-order chi connectivity index (χ1) is 13.1. The molecule has 5 rings (SSSR count). The Hall–Kier alpha value is 0. The van der Waals surface area contributed by atoms with Crippen LogP contribution in [0, 0.1) is 46.3 Å². The largest absolute Gasteiger partial charge is 0.0591 e. The molecule has 0 aromatic carbocycles. The zero-order valence-corrected chi connectivity index (χ0v) is 18.5. The average Bonchev–Trinajstić information content (AvgIpc) is 3.42. The molecule has 0 amide bonds. The first kappa shape index (κ1) is 19.0. The predicted octanol–water partition coefficient (Wildman–Crippen LogP) is 8.40. The van der Waals surface area contributed by atoms with Crippen LogP contribution >= 0.6 is 0 Å². The van der Waals surface area contributed by atoms with Gasteiger partial charge in [-0.15, -0.1) is 0 Å². The van der Waals surface area contributed by atoms with E-state index in [1.807, 2.05) is 0 Å². The van der Waals surface area contributed by atoms with Gasteiger partial charge in [0.1, 0.15) is 0 Å². The molecule has 5 aliphatic rings. The molecule has 5 saturated carbocycles. The van der Waals surface area contributed by atoms with E-state index in [0.29, 0.717) is 0 Å². The van der Waals surface area contributed by atoms with Crippen LogP contribution in [0.5, 0.6) is 0 Å². The average molecular weight is 371 g/mol. The molecule has 0 aliphatic heterocycles. The van der Waals surface area contributed by atoms with Crippen molar-refractivity contribution in [2.45, 2.75) is 123 Å². The topological polar surface area (TPSA) is 0 Å². The minimum absolute atomic E-state index is 0.718. The van der Waals surface area contributed by atoms with Gasteiger partial charge in [0, 0.05) is 0 Å². The number of hydrogen-bond acceptors (Lipinski definition) is 0. The Morgan fingerprint density at radius 1 is 0.630 bits per heavy atom. The molecule has 154 valence electrons. The third-order valence-electron chi connectivity index (χ3n) is 11.1. The van der Waals surface area contributed by atoms with Crippen LogP contribution in [0.15, 0.2) is 0 Å². The fraction of sp³-hybridized carbons (Fsp3) is 1.00. The zero-order chi connectivity index (χ0) is 18.5. The van der Waals surface area contributed by atoms with E-state index in [1.165, 1.54) is 32.1 Å². The smallest absolute Gasteiger partial charge is 0.0266 e. The maximum absolute atomic E-state index is 2.76. The summed E-state index contributed by atoms with van der Waals surface area (Å²) in [6.45, 7) is 5.49. The molecule has 0 N–H and O–H groups in total. The minimum Gasteiger partial charge on any atom is -0.0591 e. The molecule has 0 nitrogen and oxygen atoms in total. The van der Waals surface area contributed by atoms with Crippen LogP contribution in [-0.2, 0) is 0 Å². The van der Waals surface area contributed by atoms with Gasteiger partial charge in [-0.1, -0.05) is 65.2 Å². The van der Waals surface area contributed by atoms with Gasteiger partial charge in [-0.2, -0.15) is 0 Å². The van der Waals surface area contributed by atoms with Crippen molar-refractivity contribution in [1.29, 1.82) is 0 Å². The van der Waals surface area contributed by atoms with Crippen molar-refractivity contribution in [2.75, 3.05) is 0 Å². The van der Waals surface area contributed by atoms with Gasteiger partial charge in [-0.3, -0.25) is 0 Å². The van der Waals surface area contributed by atoms with Crippen molar-refractivity contribution in [3.63, 3.8) is 0 Å². The summed E-state index contributed by atoms with van der Waals surface area (Å²) < 4.78 is 0. The maximum Gasteiger partial charge on any atom is -0.0266 e. The van der Waals surface area contributed by atoms with E-state index in [2.05, 4.69) is 13.8 Å². The molecule has 7 atom stereocenters. The zero-order valence-electron chi connectivity index (χ0n) is 18.5. The van der Waals surface area contributed by atoms with Gasteiger partial charge in [-0.25, -0.2) is 0 Å². The van der Waals surface area contributed by atoms with Gasteiger partial charge in [-0.05, 0) is 104 Å². The molecule has 0 heterocycles. The quantitative estimate of drug-likeness (QED) is 0.412. The SMILES string of the molecule is CC12CCCCC1CCC1C2CCC2(C)C(CCCCCC3CC3)CCC12. The number of fused-ring (bicyclic) bond motifs is 5. The summed E-state index contributed by atoms with van der Waals surface area (Å²) in [5.74, 6) is 6.58. The van der Waals surface area contributed by atoms with Crippen molar-refractivity contribution in [3.05, 3.63) is 0 Å². The molecule has 7 unspecified atom stereocenters. The van der Waals surface area contributed by atoms with Gasteiger partial charge in [0.2, 0.25) is 0 Å². The lowest BCUT2D eigenvalue weighted by Gasteiger charge is -2.60. The molecular weight excluding hydrogens is 324 g/mol. The molecular formula is C27H46. The highest BCUT2D eigenvalue weighted by Crippen LogP contribution is 2.67. The lowest BCUT2D eigenvalue weighted by Crippen LogP contribution is -2.52. The summed E-state index contributed by atoms with van der Waals surface area (Å²) in [6, 6.07) is 0. The summed E-state index contributed by atoms with van der Waals surface area (Å²) in [5.41, 5.74) is 1.44. The second-order valence-electron chi connectivity index (χ2n) is 12.3. The lowest BCUT2D eigenvalue weighted by molar-refractivity contribution is -0.111. The Kier molecular flexibility index (Phi) is 5.17. The number of rotatable bonds is 6. The van der Waals surface area contributed by atoms with E-state index in [1.54, 1.807) is 77.0 Å². The second kappa shape index (κ2) is 7.36. The first-order valence-corrected chi connectivity index (χ1v) is 13.1. The third kappa shape index (κ3) is 3.34. The summed E-state index contributed by atoms with van der Waals surface area (Å²) >= 11 is 0. The van der Waals surface area contributed by atoms with Crippen molar-refractivity contribution in [1.82, 2.24) is 0 Å². The van der Waals surface area contributed by atoms with E-state index in [0.717, 1.165) is 46.3 Å². The summed E-state index contributed by atoms with van der Waals surface area (Å²) in [5, 5.41) is 0. The molecule has 0 bridgehead atoms. The van der Waals surface area contributed by atoms with Gasteiger partial charge in [0.15, 0.2) is 0 Å². The van der Waals surface area contributed by atoms with Crippen molar-refractivity contribution in [3.8, 4) is 0 Å². The van der Waals surface area contributed by atoms with Crippen molar-refractivity contribution < 1.29 is 0 Å². The maximum atomic E-state index is 2.76. The van der Waals surface area contributed by atoms with Gasteiger partial charge in [0.05, 0.1) is 0 Å². The summed E-state index contributed by atoms with van der Waals surface area (Å²) in [7, 11) is 0. The molecule has 27 heavy (non-hydrogen) atoms. The lowest BCUT2D eigenvalue weighted by atomic mass is 9.45. The van der Waals surface area contributed by atoms with Gasteiger partial charge < -0.3 is 0 Å². The molecule has 0 radical (unpaired) electrons. The fourth-order valence-electron chi connectivity index (χ4n) is 9.29. The Balaban J connectivity index is 1.21. The van der Waals surface area contributed by atoms with E-state index in [-0.39, 0.29) is 0 Å². The van der Waals surface area contributed by atoms with Crippen LogP contribution in [-0.4, -0.2) is 0 Å². The van der Waals surface area contributed by atoms with E-state index in [9.17, 15) is 0 Å². The highest BCUT2D eigenvalue weighted by molar-refractivity contribution is 5.08. The number of unbranched alkanes of at least 4 members (excludes halogenated alkanes) is 2. The first-order valence-electron chi connectivity index (χ1n) is 13.1. The van der Waals surface area contributed by atoms with Gasteiger partial charge >= 0.3 is 0 Å². The van der Waals surface area contributed by atoms with Crippen LogP contribution < -0.4 is 0 Å². The van der Waals surface area contributed by atoms with Gasteiger partial charge in [0.25, 0.3) is 0 Å². The minimum atomic E-state index is 0.718.